The van der Waals surface area contributed by atoms with Crippen LogP contribution in [0, 0.1) is 5.92 Å². The molecule has 1 aliphatic rings. The van der Waals surface area contributed by atoms with E-state index in [9.17, 15) is 0 Å². The molecule has 0 aromatic heterocycles. The Balaban J connectivity index is 1.60. The van der Waals surface area contributed by atoms with E-state index in [1.807, 2.05) is 0 Å². The van der Waals surface area contributed by atoms with Crippen molar-refractivity contribution in [2.45, 2.75) is 32.7 Å². The minimum absolute atomic E-state index is 0.990. The van der Waals surface area contributed by atoms with Gasteiger partial charge in [-0.15, -0.1) is 0 Å². The monoisotopic (exact) mass is 246 g/mol. The zero-order valence-electron chi connectivity index (χ0n) is 11.6. The first-order valence-electron chi connectivity index (χ1n) is 7.35. The summed E-state index contributed by atoms with van der Waals surface area (Å²) in [5, 5.41) is 3.54. The fraction of sp³-hybridized carbons (Fsp3) is 0.625. The van der Waals surface area contributed by atoms with Gasteiger partial charge in [0, 0.05) is 26.2 Å². The van der Waals surface area contributed by atoms with Crippen LogP contribution >= 0.6 is 0 Å². The highest BCUT2D eigenvalue weighted by Crippen LogP contribution is 2.29. The standard InChI is InChI=1S/C16H26N2/c1-2-11-18(14-16-8-9-16)12-10-17-13-15-6-4-3-5-7-15/h3-7,16-17H,2,8-14H2,1H3. The second-order valence-electron chi connectivity index (χ2n) is 5.41. The van der Waals surface area contributed by atoms with Crippen LogP contribution in [0.15, 0.2) is 30.3 Å². The molecule has 2 rings (SSSR count). The second kappa shape index (κ2) is 7.55. The van der Waals surface area contributed by atoms with Crippen molar-refractivity contribution in [2.24, 2.45) is 5.92 Å². The van der Waals surface area contributed by atoms with Crippen molar-refractivity contribution in [2.75, 3.05) is 26.2 Å². The van der Waals surface area contributed by atoms with E-state index in [1.54, 1.807) is 0 Å². The molecule has 0 amide bonds. The Bertz CT molecular complexity index is 319. The lowest BCUT2D eigenvalue weighted by atomic mass is 10.2. The van der Waals surface area contributed by atoms with Crippen LogP contribution in [0.2, 0.25) is 0 Å². The molecule has 0 aliphatic heterocycles. The van der Waals surface area contributed by atoms with Crippen molar-refractivity contribution >= 4 is 0 Å². The van der Waals surface area contributed by atoms with Gasteiger partial charge in [0.2, 0.25) is 0 Å². The number of hydrogen-bond donors (Lipinski definition) is 1. The van der Waals surface area contributed by atoms with E-state index < -0.39 is 0 Å². The molecule has 0 atom stereocenters. The van der Waals surface area contributed by atoms with Gasteiger partial charge in [-0.2, -0.15) is 0 Å². The van der Waals surface area contributed by atoms with Crippen molar-refractivity contribution < 1.29 is 0 Å². The lowest BCUT2D eigenvalue weighted by molar-refractivity contribution is 0.263. The highest BCUT2D eigenvalue weighted by molar-refractivity contribution is 5.14. The molecular weight excluding hydrogens is 220 g/mol. The van der Waals surface area contributed by atoms with E-state index in [-0.39, 0.29) is 0 Å². The summed E-state index contributed by atoms with van der Waals surface area (Å²) in [6, 6.07) is 10.6. The van der Waals surface area contributed by atoms with Crippen molar-refractivity contribution in [1.29, 1.82) is 0 Å². The minimum Gasteiger partial charge on any atom is -0.311 e. The zero-order chi connectivity index (χ0) is 12.6. The summed E-state index contributed by atoms with van der Waals surface area (Å²) in [6.45, 7) is 8.13. The van der Waals surface area contributed by atoms with Crippen molar-refractivity contribution in [3.8, 4) is 0 Å². The van der Waals surface area contributed by atoms with Crippen LogP contribution in [-0.4, -0.2) is 31.1 Å². The molecule has 0 radical (unpaired) electrons. The number of nitrogens with zero attached hydrogens (tertiary/aromatic N) is 1. The summed E-state index contributed by atoms with van der Waals surface area (Å²) in [5.41, 5.74) is 1.38. The Labute approximate surface area is 111 Å². The minimum atomic E-state index is 0.990. The average molecular weight is 246 g/mol. The van der Waals surface area contributed by atoms with Crippen LogP contribution in [0.4, 0.5) is 0 Å². The highest BCUT2D eigenvalue weighted by atomic mass is 15.1. The first-order valence-corrected chi connectivity index (χ1v) is 7.35. The van der Waals surface area contributed by atoms with Crippen LogP contribution in [0.1, 0.15) is 31.7 Å². The van der Waals surface area contributed by atoms with E-state index in [0.717, 1.165) is 19.0 Å². The molecule has 0 unspecified atom stereocenters. The largest absolute Gasteiger partial charge is 0.311 e. The molecule has 100 valence electrons. The third-order valence-electron chi connectivity index (χ3n) is 3.53. The van der Waals surface area contributed by atoms with Crippen LogP contribution in [0.25, 0.3) is 0 Å². The molecule has 1 N–H and O–H groups in total. The number of rotatable bonds is 9. The van der Waals surface area contributed by atoms with Gasteiger partial charge in [0.1, 0.15) is 0 Å². The van der Waals surface area contributed by atoms with Gasteiger partial charge < -0.3 is 10.2 Å². The molecule has 2 heteroatoms. The Hall–Kier alpha value is -0.860. The fourth-order valence-electron chi connectivity index (χ4n) is 2.34. The maximum absolute atomic E-state index is 3.54. The fourth-order valence-corrected chi connectivity index (χ4v) is 2.34. The molecule has 0 spiro atoms. The van der Waals surface area contributed by atoms with Crippen LogP contribution in [0.5, 0.6) is 0 Å². The van der Waals surface area contributed by atoms with Gasteiger partial charge in [-0.05, 0) is 37.3 Å². The smallest absolute Gasteiger partial charge is 0.0206 e. The van der Waals surface area contributed by atoms with Crippen molar-refractivity contribution in [3.05, 3.63) is 35.9 Å². The quantitative estimate of drug-likeness (QED) is 0.674. The Morgan fingerprint density at radius 1 is 1.17 bits per heavy atom. The number of benzene rings is 1. The van der Waals surface area contributed by atoms with Gasteiger partial charge in [-0.1, -0.05) is 37.3 Å². The van der Waals surface area contributed by atoms with E-state index in [0.29, 0.717) is 0 Å². The normalized spacial score (nSPS) is 15.2. The third kappa shape index (κ3) is 5.19. The Morgan fingerprint density at radius 2 is 1.94 bits per heavy atom. The van der Waals surface area contributed by atoms with Gasteiger partial charge in [-0.3, -0.25) is 0 Å². The maximum Gasteiger partial charge on any atom is 0.0206 e. The molecule has 1 aliphatic carbocycles. The van der Waals surface area contributed by atoms with Gasteiger partial charge in [0.25, 0.3) is 0 Å². The summed E-state index contributed by atoms with van der Waals surface area (Å²) >= 11 is 0. The van der Waals surface area contributed by atoms with E-state index in [4.69, 9.17) is 0 Å². The van der Waals surface area contributed by atoms with Gasteiger partial charge in [0.05, 0.1) is 0 Å². The molecular formula is C16H26N2. The van der Waals surface area contributed by atoms with Crippen LogP contribution in [-0.2, 0) is 6.54 Å². The van der Waals surface area contributed by atoms with Crippen molar-refractivity contribution in [1.82, 2.24) is 10.2 Å². The van der Waals surface area contributed by atoms with E-state index in [1.165, 1.54) is 44.5 Å². The molecule has 2 nitrogen and oxygen atoms in total. The third-order valence-corrected chi connectivity index (χ3v) is 3.53. The summed E-state index contributed by atoms with van der Waals surface area (Å²) in [7, 11) is 0. The lowest BCUT2D eigenvalue weighted by Gasteiger charge is -2.21. The molecule has 0 bridgehead atoms. The topological polar surface area (TPSA) is 15.3 Å². The van der Waals surface area contributed by atoms with E-state index in [2.05, 4.69) is 47.5 Å². The van der Waals surface area contributed by atoms with Crippen molar-refractivity contribution in [3.63, 3.8) is 0 Å². The van der Waals surface area contributed by atoms with Crippen LogP contribution < -0.4 is 5.32 Å². The molecule has 0 heterocycles. The number of hydrogen-bond acceptors (Lipinski definition) is 2. The second-order valence-corrected chi connectivity index (χ2v) is 5.41. The lowest BCUT2D eigenvalue weighted by Crippen LogP contribution is -2.34. The first kappa shape index (κ1) is 13.6. The van der Waals surface area contributed by atoms with E-state index >= 15 is 0 Å². The first-order chi connectivity index (χ1) is 8.88. The highest BCUT2D eigenvalue weighted by Gasteiger charge is 2.23. The number of nitrogens with one attached hydrogen (secondary N) is 1. The molecule has 0 saturated heterocycles. The van der Waals surface area contributed by atoms with Gasteiger partial charge in [-0.25, -0.2) is 0 Å². The maximum atomic E-state index is 3.54. The zero-order valence-corrected chi connectivity index (χ0v) is 11.6. The summed E-state index contributed by atoms with van der Waals surface area (Å²) in [6.07, 6.45) is 4.18. The Morgan fingerprint density at radius 3 is 2.61 bits per heavy atom. The molecule has 1 saturated carbocycles. The summed E-state index contributed by atoms with van der Waals surface area (Å²) in [4.78, 5) is 2.62. The molecule has 1 aromatic carbocycles. The molecule has 18 heavy (non-hydrogen) atoms. The summed E-state index contributed by atoms with van der Waals surface area (Å²) in [5.74, 6) is 1.01. The van der Waals surface area contributed by atoms with Gasteiger partial charge >= 0.3 is 0 Å². The molecule has 1 fully saturated rings. The molecule has 1 aromatic rings. The average Bonchev–Trinajstić information content (AvgIpc) is 3.20. The van der Waals surface area contributed by atoms with Crippen LogP contribution in [0.3, 0.4) is 0 Å². The predicted octanol–water partition coefficient (Wildman–Crippen LogP) is 2.90. The predicted molar refractivity (Wildman–Crippen MR) is 77.6 cm³/mol. The SMILES string of the molecule is CCCN(CCNCc1ccccc1)CC1CC1. The van der Waals surface area contributed by atoms with Gasteiger partial charge in [0.15, 0.2) is 0 Å². The Kier molecular flexibility index (Phi) is 5.69. The summed E-state index contributed by atoms with van der Waals surface area (Å²) < 4.78 is 0.